The average molecular weight is 1420 g/mol. The number of carbonyl (C=O) groups excluding carboxylic acids is 4. The van der Waals surface area contributed by atoms with Crippen LogP contribution >= 0.6 is 15.6 Å². The number of hydrogen-bond donors (Lipinski definition) is 3. The predicted molar refractivity (Wildman–Crippen MR) is 395 cm³/mol. The molecule has 0 saturated carbocycles. The minimum atomic E-state index is -4.96. The van der Waals surface area contributed by atoms with Crippen molar-refractivity contribution < 1.29 is 80.2 Å². The second-order valence-corrected chi connectivity index (χ2v) is 32.7. The molecule has 0 bridgehead atoms. The van der Waals surface area contributed by atoms with Gasteiger partial charge in [-0.05, 0) is 49.4 Å². The SMILES string of the molecule is CCC(C)CCCCCCCCCCCCCCCCC(=O)O[C@H](COC(=O)CCCCCCCCCC(C)C)COP(=O)(O)OCC(O)COP(=O)(O)OC[C@@H](COC(=O)CCCCCCCCCCC(C)C)OC(=O)CCCCCCCCCCCCCCCCCC(C)C. The van der Waals surface area contributed by atoms with Gasteiger partial charge in [-0.15, -0.1) is 0 Å². The molecule has 0 aliphatic carbocycles. The predicted octanol–water partition coefficient (Wildman–Crippen LogP) is 22.8. The molecule has 0 aliphatic rings. The standard InChI is InChI=1S/C78H152O17P2/c1-9-71(8)57-49-41-33-24-20-16-13-14-18-22-26-36-45-53-61-78(83)95-74(65-89-76(81)59-51-43-37-29-32-40-48-56-70(6)7)67-93-97(86,87)91-63-72(79)62-90-96(84,85)92-66-73(64-88-75(80)58-50-42-34-28-27-31-39-47-55-69(4)5)94-77(82)60-52-44-35-25-21-17-12-10-11-15-19-23-30-38-46-54-68(2)3/h68-74,79H,9-67H2,1-8H3,(H,84,85)(H,86,87)/t71?,72?,73-,74-/m1/s1. The molecular weight excluding hydrogens is 1270 g/mol. The Kier molecular flexibility index (Phi) is 65.9. The molecule has 0 amide bonds. The van der Waals surface area contributed by atoms with E-state index in [4.69, 9.17) is 37.0 Å². The zero-order valence-electron chi connectivity index (χ0n) is 63.7. The Morgan fingerprint density at radius 1 is 0.289 bits per heavy atom. The fourth-order valence-corrected chi connectivity index (χ4v) is 13.5. The normalized spacial score (nSPS) is 14.4. The highest BCUT2D eigenvalue weighted by Crippen LogP contribution is 2.45. The molecule has 0 spiro atoms. The monoisotopic (exact) mass is 1420 g/mol. The van der Waals surface area contributed by atoms with Gasteiger partial charge in [-0.25, -0.2) is 9.13 Å². The highest BCUT2D eigenvalue weighted by molar-refractivity contribution is 7.47. The number of carbonyl (C=O) groups is 4. The third-order valence-corrected chi connectivity index (χ3v) is 20.3. The van der Waals surface area contributed by atoms with Gasteiger partial charge >= 0.3 is 39.5 Å². The van der Waals surface area contributed by atoms with Gasteiger partial charge in [0.15, 0.2) is 12.2 Å². The summed E-state index contributed by atoms with van der Waals surface area (Å²) in [5.41, 5.74) is 0. The van der Waals surface area contributed by atoms with Crippen LogP contribution in [0.3, 0.4) is 0 Å². The molecule has 0 fully saturated rings. The van der Waals surface area contributed by atoms with Crippen molar-refractivity contribution in [3.63, 3.8) is 0 Å². The summed E-state index contributed by atoms with van der Waals surface area (Å²) in [5, 5.41) is 10.6. The van der Waals surface area contributed by atoms with Crippen LogP contribution in [0.2, 0.25) is 0 Å². The zero-order valence-corrected chi connectivity index (χ0v) is 65.5. The summed E-state index contributed by atoms with van der Waals surface area (Å²) in [6, 6.07) is 0. The maximum Gasteiger partial charge on any atom is 0.472 e. The maximum atomic E-state index is 13.1. The number of aliphatic hydroxyl groups is 1. The van der Waals surface area contributed by atoms with Crippen molar-refractivity contribution in [1.29, 1.82) is 0 Å². The highest BCUT2D eigenvalue weighted by Gasteiger charge is 2.30. The first-order valence-electron chi connectivity index (χ1n) is 40.2. The van der Waals surface area contributed by atoms with Crippen LogP contribution in [0, 0.1) is 23.7 Å². The minimum Gasteiger partial charge on any atom is -0.462 e. The van der Waals surface area contributed by atoms with E-state index in [1.165, 1.54) is 193 Å². The van der Waals surface area contributed by atoms with Crippen LogP contribution in [0.15, 0.2) is 0 Å². The molecule has 6 atom stereocenters. The van der Waals surface area contributed by atoms with E-state index in [9.17, 15) is 43.2 Å². The van der Waals surface area contributed by atoms with Crippen molar-refractivity contribution >= 4 is 39.5 Å². The van der Waals surface area contributed by atoms with Crippen LogP contribution in [0.5, 0.6) is 0 Å². The first kappa shape index (κ1) is 95.1. The summed E-state index contributed by atoms with van der Waals surface area (Å²) in [7, 11) is -9.92. The van der Waals surface area contributed by atoms with Gasteiger partial charge in [0.05, 0.1) is 26.4 Å². The summed E-state index contributed by atoms with van der Waals surface area (Å²) < 4.78 is 68.6. The molecule has 576 valence electrons. The van der Waals surface area contributed by atoms with Gasteiger partial charge in [0.25, 0.3) is 0 Å². The molecule has 0 aliphatic heterocycles. The number of phosphoric ester groups is 2. The van der Waals surface area contributed by atoms with E-state index in [0.717, 1.165) is 114 Å². The van der Waals surface area contributed by atoms with E-state index in [2.05, 4.69) is 55.4 Å². The number of esters is 4. The minimum absolute atomic E-state index is 0.106. The molecule has 97 heavy (non-hydrogen) atoms. The zero-order chi connectivity index (χ0) is 71.7. The Morgan fingerprint density at radius 3 is 0.732 bits per heavy atom. The van der Waals surface area contributed by atoms with Crippen molar-refractivity contribution in [1.82, 2.24) is 0 Å². The summed E-state index contributed by atoms with van der Waals surface area (Å²) >= 11 is 0. The number of hydrogen-bond acceptors (Lipinski definition) is 15. The molecule has 0 aromatic heterocycles. The summed E-state index contributed by atoms with van der Waals surface area (Å²) in [4.78, 5) is 72.9. The third-order valence-electron chi connectivity index (χ3n) is 18.4. The summed E-state index contributed by atoms with van der Waals surface area (Å²) in [5.74, 6) is 0.960. The lowest BCUT2D eigenvalue weighted by molar-refractivity contribution is -0.161. The van der Waals surface area contributed by atoms with E-state index in [1.54, 1.807) is 0 Å². The lowest BCUT2D eigenvalue weighted by Gasteiger charge is -2.21. The Bertz CT molecular complexity index is 1900. The number of phosphoric acid groups is 2. The molecule has 0 aromatic rings. The van der Waals surface area contributed by atoms with Crippen molar-refractivity contribution in [2.45, 2.75) is 414 Å². The number of rotatable bonds is 75. The number of ether oxygens (including phenoxy) is 4. The van der Waals surface area contributed by atoms with Crippen LogP contribution in [-0.4, -0.2) is 96.7 Å². The van der Waals surface area contributed by atoms with Gasteiger partial charge < -0.3 is 33.8 Å². The van der Waals surface area contributed by atoms with Gasteiger partial charge in [-0.2, -0.15) is 0 Å². The fourth-order valence-electron chi connectivity index (χ4n) is 11.9. The van der Waals surface area contributed by atoms with E-state index in [1.807, 2.05) is 0 Å². The van der Waals surface area contributed by atoms with Crippen molar-refractivity contribution in [3.05, 3.63) is 0 Å². The molecule has 0 saturated heterocycles. The van der Waals surface area contributed by atoms with Crippen molar-refractivity contribution in [2.75, 3.05) is 39.6 Å². The van der Waals surface area contributed by atoms with Crippen LogP contribution < -0.4 is 0 Å². The van der Waals surface area contributed by atoms with Gasteiger partial charge in [0.2, 0.25) is 0 Å². The lowest BCUT2D eigenvalue weighted by Crippen LogP contribution is -2.30. The van der Waals surface area contributed by atoms with E-state index >= 15 is 0 Å². The third kappa shape index (κ3) is 70.9. The van der Waals surface area contributed by atoms with Gasteiger partial charge in [-0.1, -0.05) is 344 Å². The Hall–Kier alpha value is -1.94. The molecule has 17 nitrogen and oxygen atoms in total. The van der Waals surface area contributed by atoms with Crippen LogP contribution in [-0.2, 0) is 65.4 Å². The summed E-state index contributed by atoms with van der Waals surface area (Å²) in [6.07, 6.45) is 52.8. The maximum absolute atomic E-state index is 13.1. The van der Waals surface area contributed by atoms with Gasteiger partial charge in [0, 0.05) is 25.7 Å². The van der Waals surface area contributed by atoms with Crippen LogP contribution in [0.4, 0.5) is 0 Å². The summed E-state index contributed by atoms with van der Waals surface area (Å²) in [6.45, 7) is 14.2. The molecule has 19 heteroatoms. The molecule has 4 unspecified atom stereocenters. The molecular formula is C78H152O17P2. The molecule has 3 N–H and O–H groups in total. The highest BCUT2D eigenvalue weighted by atomic mass is 31.2. The second-order valence-electron chi connectivity index (χ2n) is 29.8. The smallest absolute Gasteiger partial charge is 0.462 e. The Labute approximate surface area is 594 Å². The Balaban J connectivity index is 5.22. The molecule has 0 radical (unpaired) electrons. The molecule has 0 heterocycles. The first-order chi connectivity index (χ1) is 46.6. The van der Waals surface area contributed by atoms with Crippen molar-refractivity contribution in [2.24, 2.45) is 23.7 Å². The van der Waals surface area contributed by atoms with E-state index in [-0.39, 0.29) is 25.7 Å². The largest absolute Gasteiger partial charge is 0.472 e. The van der Waals surface area contributed by atoms with Crippen LogP contribution in [0.1, 0.15) is 396 Å². The van der Waals surface area contributed by atoms with E-state index < -0.39 is 97.5 Å². The molecule has 0 aromatic carbocycles. The van der Waals surface area contributed by atoms with Gasteiger partial charge in [-0.3, -0.25) is 37.3 Å². The lowest BCUT2D eigenvalue weighted by atomic mass is 9.99. The average Bonchev–Trinajstić information content (AvgIpc) is 1.14. The van der Waals surface area contributed by atoms with Crippen molar-refractivity contribution in [3.8, 4) is 0 Å². The molecule has 0 rings (SSSR count). The second kappa shape index (κ2) is 67.2. The van der Waals surface area contributed by atoms with E-state index in [0.29, 0.717) is 31.6 Å². The fraction of sp³-hybridized carbons (Fsp3) is 0.949. The van der Waals surface area contributed by atoms with Gasteiger partial charge in [0.1, 0.15) is 19.3 Å². The quantitative estimate of drug-likeness (QED) is 0.0222. The Morgan fingerprint density at radius 2 is 0.495 bits per heavy atom. The van der Waals surface area contributed by atoms with Crippen LogP contribution in [0.25, 0.3) is 0 Å². The first-order valence-corrected chi connectivity index (χ1v) is 43.2. The number of unbranched alkanes of at least 4 members (excludes halogenated alkanes) is 40. The topological polar surface area (TPSA) is 237 Å². The number of aliphatic hydroxyl groups excluding tert-OH is 1.